The molecule has 12 heteroatoms. The summed E-state index contributed by atoms with van der Waals surface area (Å²) in [4.78, 5) is 47.7. The largest absolute Gasteiger partial charge is 0.463 e. The van der Waals surface area contributed by atoms with Crippen LogP contribution in [0.5, 0.6) is 0 Å². The molecule has 5 rings (SSSR count). The van der Waals surface area contributed by atoms with Crippen molar-refractivity contribution in [3.05, 3.63) is 99.7 Å². The van der Waals surface area contributed by atoms with E-state index in [9.17, 15) is 19.7 Å². The van der Waals surface area contributed by atoms with Gasteiger partial charge in [0.05, 0.1) is 27.3 Å². The van der Waals surface area contributed by atoms with E-state index < -0.39 is 16.9 Å². The Balaban J connectivity index is 1.71. The third-order valence-corrected chi connectivity index (χ3v) is 8.40. The van der Waals surface area contributed by atoms with Gasteiger partial charge in [-0.3, -0.25) is 19.5 Å². The Labute approximate surface area is 239 Å². The van der Waals surface area contributed by atoms with E-state index in [0.717, 1.165) is 43.2 Å². The fraction of sp³-hybridized carbons (Fsp3) is 0.321. The van der Waals surface area contributed by atoms with Gasteiger partial charge in [0.15, 0.2) is 4.80 Å². The molecule has 0 N–H and O–H groups in total. The molecule has 0 spiro atoms. The highest BCUT2D eigenvalue weighted by atomic mass is 35.5. The van der Waals surface area contributed by atoms with E-state index in [1.54, 1.807) is 50.3 Å². The van der Waals surface area contributed by atoms with E-state index in [2.05, 4.69) is 21.8 Å². The number of non-ortho nitro benzene ring substituents is 1. The van der Waals surface area contributed by atoms with Gasteiger partial charge in [-0.1, -0.05) is 41.1 Å². The first-order chi connectivity index (χ1) is 19.2. The molecule has 2 aromatic carbocycles. The molecule has 0 unspecified atom stereocenters. The zero-order valence-electron chi connectivity index (χ0n) is 22.3. The van der Waals surface area contributed by atoms with E-state index in [0.29, 0.717) is 31.2 Å². The second kappa shape index (κ2) is 11.4. The van der Waals surface area contributed by atoms with Crippen molar-refractivity contribution >= 4 is 46.4 Å². The molecule has 10 nitrogen and oxygen atoms in total. The van der Waals surface area contributed by atoms with Crippen LogP contribution < -0.4 is 19.8 Å². The summed E-state index contributed by atoms with van der Waals surface area (Å²) in [7, 11) is 2.05. The summed E-state index contributed by atoms with van der Waals surface area (Å²) in [5, 5.41) is 12.0. The molecular formula is C28H28ClN5O5S. The predicted molar refractivity (Wildman–Crippen MR) is 155 cm³/mol. The number of carbonyl (C=O) groups is 1. The number of ether oxygens (including phenoxy) is 1. The predicted octanol–water partition coefficient (Wildman–Crippen LogP) is 3.11. The highest BCUT2D eigenvalue weighted by molar-refractivity contribution is 7.07. The van der Waals surface area contributed by atoms with Gasteiger partial charge in [-0.25, -0.2) is 9.79 Å². The number of hydrogen-bond donors (Lipinski definition) is 0. The number of piperazine rings is 1. The maximum absolute atomic E-state index is 14.0. The number of fused-ring (bicyclic) bond motifs is 1. The number of thiazole rings is 1. The number of nitro benzene ring substituents is 1. The van der Waals surface area contributed by atoms with Crippen molar-refractivity contribution in [2.24, 2.45) is 4.99 Å². The summed E-state index contributed by atoms with van der Waals surface area (Å²) in [5.74, 6) is -0.570. The van der Waals surface area contributed by atoms with Gasteiger partial charge in [0.2, 0.25) is 0 Å². The summed E-state index contributed by atoms with van der Waals surface area (Å²) < 4.78 is 7.13. The second-order valence-electron chi connectivity index (χ2n) is 9.61. The number of halogens is 1. The van der Waals surface area contributed by atoms with Gasteiger partial charge in [0.25, 0.3) is 11.2 Å². The number of likely N-dealkylation sites (N-methyl/N-ethyl adjacent to an activating group) is 1. The molecule has 1 fully saturated rings. The van der Waals surface area contributed by atoms with Crippen LogP contribution in [0, 0.1) is 10.1 Å². The Morgan fingerprint density at radius 3 is 2.62 bits per heavy atom. The summed E-state index contributed by atoms with van der Waals surface area (Å²) in [5.41, 5.74) is 2.19. The van der Waals surface area contributed by atoms with Gasteiger partial charge in [0.1, 0.15) is 6.04 Å². The van der Waals surface area contributed by atoms with Crippen molar-refractivity contribution in [2.75, 3.05) is 44.7 Å². The van der Waals surface area contributed by atoms with Gasteiger partial charge in [-0.05, 0) is 44.7 Å². The minimum Gasteiger partial charge on any atom is -0.463 e. The molecule has 0 bridgehead atoms. The van der Waals surface area contributed by atoms with Crippen molar-refractivity contribution in [3.63, 3.8) is 0 Å². The first-order valence-corrected chi connectivity index (χ1v) is 14.0. The van der Waals surface area contributed by atoms with E-state index in [1.807, 2.05) is 0 Å². The molecule has 3 heterocycles. The van der Waals surface area contributed by atoms with Gasteiger partial charge >= 0.3 is 5.97 Å². The average Bonchev–Trinajstić information content (AvgIpc) is 3.23. The van der Waals surface area contributed by atoms with E-state index in [1.165, 1.54) is 16.7 Å². The third-order valence-electron chi connectivity index (χ3n) is 7.07. The first kappa shape index (κ1) is 27.8. The quantitative estimate of drug-likeness (QED) is 0.250. The van der Waals surface area contributed by atoms with Crippen LogP contribution in [0.25, 0.3) is 6.08 Å². The van der Waals surface area contributed by atoms with Crippen LogP contribution in [0.4, 0.5) is 11.4 Å². The van der Waals surface area contributed by atoms with Crippen LogP contribution in [0.3, 0.4) is 0 Å². The van der Waals surface area contributed by atoms with Crippen LogP contribution in [-0.4, -0.2) is 60.2 Å². The van der Waals surface area contributed by atoms with Crippen molar-refractivity contribution < 1.29 is 14.5 Å². The zero-order chi connectivity index (χ0) is 28.6. The van der Waals surface area contributed by atoms with Crippen molar-refractivity contribution in [3.8, 4) is 0 Å². The average molecular weight is 582 g/mol. The Kier molecular flexibility index (Phi) is 7.88. The summed E-state index contributed by atoms with van der Waals surface area (Å²) in [6.07, 6.45) is 1.68. The number of rotatable bonds is 6. The number of allylic oxidation sites excluding steroid dienone is 1. The fourth-order valence-electron chi connectivity index (χ4n) is 5.03. The number of nitro groups is 1. The number of nitrogens with zero attached hydrogens (tertiary/aromatic N) is 5. The topological polar surface area (TPSA) is 110 Å². The standard InChI is InChI=1S/C28H28ClN5O5S/c1-4-39-27(36)24-17(2)30-28-33(25(24)20-7-5-6-8-21(20)29)26(35)23(40-28)16-18-15-19(34(37)38)9-10-22(18)32-13-11-31(3)12-14-32/h5-10,15-16,25H,4,11-14H2,1-3H3/b23-16-/t25-/m0/s1. The molecule has 1 atom stereocenters. The van der Waals surface area contributed by atoms with Crippen molar-refractivity contribution in [1.82, 2.24) is 9.47 Å². The lowest BCUT2D eigenvalue weighted by Gasteiger charge is -2.34. The first-order valence-electron chi connectivity index (χ1n) is 12.9. The Morgan fingerprint density at radius 2 is 1.95 bits per heavy atom. The SMILES string of the molecule is CCOC(=O)C1=C(C)N=c2s/c(=C\c3cc([N+](=O)[O-])ccc3N3CCN(C)CC3)c(=O)n2[C@H]1c1ccccc1Cl. The molecule has 0 radical (unpaired) electrons. The maximum atomic E-state index is 14.0. The fourth-order valence-corrected chi connectivity index (χ4v) is 6.31. The van der Waals surface area contributed by atoms with Gasteiger partial charge < -0.3 is 14.5 Å². The second-order valence-corrected chi connectivity index (χ2v) is 11.0. The highest BCUT2D eigenvalue weighted by Crippen LogP contribution is 2.34. The number of aromatic nitrogens is 1. The summed E-state index contributed by atoms with van der Waals surface area (Å²) >= 11 is 7.74. The number of esters is 1. The molecule has 0 amide bonds. The summed E-state index contributed by atoms with van der Waals surface area (Å²) in [6.45, 7) is 6.80. The van der Waals surface area contributed by atoms with Crippen molar-refractivity contribution in [2.45, 2.75) is 19.9 Å². The Morgan fingerprint density at radius 1 is 1.23 bits per heavy atom. The van der Waals surface area contributed by atoms with Crippen LogP contribution in [-0.2, 0) is 9.53 Å². The Hall–Kier alpha value is -3.80. The minimum absolute atomic E-state index is 0.0636. The lowest BCUT2D eigenvalue weighted by Crippen LogP contribution is -2.44. The molecule has 1 saturated heterocycles. The molecule has 0 saturated carbocycles. The number of carbonyl (C=O) groups excluding carboxylic acids is 1. The van der Waals surface area contributed by atoms with Gasteiger partial charge in [-0.2, -0.15) is 0 Å². The molecule has 40 heavy (non-hydrogen) atoms. The zero-order valence-corrected chi connectivity index (χ0v) is 23.9. The van der Waals surface area contributed by atoms with E-state index in [-0.39, 0.29) is 23.4 Å². The normalized spacial score (nSPS) is 17.9. The highest BCUT2D eigenvalue weighted by Gasteiger charge is 2.34. The van der Waals surface area contributed by atoms with Gasteiger partial charge in [0, 0.05) is 54.6 Å². The van der Waals surface area contributed by atoms with Crippen LogP contribution in [0.1, 0.15) is 31.0 Å². The van der Waals surface area contributed by atoms with Gasteiger partial charge in [-0.15, -0.1) is 0 Å². The molecule has 2 aliphatic heterocycles. The lowest BCUT2D eigenvalue weighted by atomic mass is 9.96. The molecule has 1 aromatic heterocycles. The van der Waals surface area contributed by atoms with E-state index in [4.69, 9.17) is 16.3 Å². The van der Waals surface area contributed by atoms with E-state index >= 15 is 0 Å². The number of benzene rings is 2. The smallest absolute Gasteiger partial charge is 0.338 e. The Bertz CT molecular complexity index is 1700. The lowest BCUT2D eigenvalue weighted by molar-refractivity contribution is -0.384. The van der Waals surface area contributed by atoms with Crippen LogP contribution in [0.2, 0.25) is 5.02 Å². The molecular weight excluding hydrogens is 554 g/mol. The summed E-state index contributed by atoms with van der Waals surface area (Å²) in [6, 6.07) is 10.9. The molecule has 3 aromatic rings. The van der Waals surface area contributed by atoms with Crippen LogP contribution >= 0.6 is 22.9 Å². The third kappa shape index (κ3) is 5.19. The minimum atomic E-state index is -0.839. The van der Waals surface area contributed by atoms with Crippen molar-refractivity contribution in [1.29, 1.82) is 0 Å². The maximum Gasteiger partial charge on any atom is 0.338 e. The molecule has 0 aliphatic carbocycles. The number of hydrogen-bond acceptors (Lipinski definition) is 9. The monoisotopic (exact) mass is 581 g/mol. The number of anilines is 1. The van der Waals surface area contributed by atoms with Crippen LogP contribution in [0.15, 0.2) is 63.5 Å². The molecule has 2 aliphatic rings. The molecule has 208 valence electrons.